The molecule has 1 saturated heterocycles. The molecule has 28 heavy (non-hydrogen) atoms. The van der Waals surface area contributed by atoms with Gasteiger partial charge in [0.05, 0.1) is 11.4 Å². The van der Waals surface area contributed by atoms with Crippen LogP contribution in [-0.4, -0.2) is 33.5 Å². The predicted octanol–water partition coefficient (Wildman–Crippen LogP) is 2.74. The summed E-state index contributed by atoms with van der Waals surface area (Å²) in [5.74, 6) is 0.616. The molecular weight excluding hydrogens is 354 g/mol. The molecule has 1 aromatic carbocycles. The number of pyridine rings is 1. The number of oxazole rings is 1. The van der Waals surface area contributed by atoms with Crippen LogP contribution in [0.5, 0.6) is 0 Å². The van der Waals surface area contributed by atoms with Crippen molar-refractivity contribution in [2.24, 2.45) is 5.73 Å². The van der Waals surface area contributed by atoms with Crippen LogP contribution in [0, 0.1) is 6.92 Å². The molecule has 0 atom stereocenters. The maximum Gasteiger partial charge on any atom is 0.258 e. The minimum atomic E-state index is -0.107. The van der Waals surface area contributed by atoms with Gasteiger partial charge in [-0.2, -0.15) is 0 Å². The van der Waals surface area contributed by atoms with Crippen molar-refractivity contribution in [1.82, 2.24) is 14.4 Å². The van der Waals surface area contributed by atoms with Crippen LogP contribution in [0.1, 0.15) is 18.7 Å². The van der Waals surface area contributed by atoms with Crippen molar-refractivity contribution < 1.29 is 4.42 Å². The largest absolute Gasteiger partial charge is 0.441 e. The molecule has 7 heteroatoms. The van der Waals surface area contributed by atoms with Gasteiger partial charge in [0.25, 0.3) is 5.56 Å². The molecule has 4 heterocycles. The predicted molar refractivity (Wildman–Crippen MR) is 109 cm³/mol. The summed E-state index contributed by atoms with van der Waals surface area (Å²) in [5, 5.41) is 0. The van der Waals surface area contributed by atoms with Gasteiger partial charge in [0.15, 0.2) is 11.5 Å². The van der Waals surface area contributed by atoms with Crippen LogP contribution in [0.4, 0.5) is 5.69 Å². The van der Waals surface area contributed by atoms with Gasteiger partial charge in [-0.1, -0.05) is 6.07 Å². The van der Waals surface area contributed by atoms with Crippen molar-refractivity contribution in [3.8, 4) is 11.3 Å². The first-order valence-corrected chi connectivity index (χ1v) is 9.48. The number of aryl methyl sites for hydroxylation is 1. The molecule has 1 fully saturated rings. The molecule has 0 radical (unpaired) electrons. The van der Waals surface area contributed by atoms with E-state index in [0.717, 1.165) is 42.7 Å². The highest BCUT2D eigenvalue weighted by Gasteiger charge is 2.17. The Balaban J connectivity index is 1.54. The SMILES string of the molecule is Cc1nc2ccc(-c3cc(=O)n4cc(N5CCC(N)CC5)ccc4n3)cc2o1. The molecule has 4 aromatic rings. The molecule has 0 spiro atoms. The Bertz CT molecular complexity index is 1230. The first-order valence-electron chi connectivity index (χ1n) is 9.48. The number of piperidine rings is 1. The molecule has 1 aliphatic rings. The minimum Gasteiger partial charge on any atom is -0.441 e. The van der Waals surface area contributed by atoms with Crippen LogP contribution < -0.4 is 16.2 Å². The maximum atomic E-state index is 12.8. The minimum absolute atomic E-state index is 0.107. The van der Waals surface area contributed by atoms with E-state index in [4.69, 9.17) is 10.2 Å². The number of anilines is 1. The van der Waals surface area contributed by atoms with Crippen LogP contribution in [-0.2, 0) is 0 Å². The molecular formula is C21H21N5O2. The Kier molecular flexibility index (Phi) is 3.91. The van der Waals surface area contributed by atoms with Crippen molar-refractivity contribution in [2.45, 2.75) is 25.8 Å². The van der Waals surface area contributed by atoms with Crippen LogP contribution in [0.15, 0.2) is 51.8 Å². The van der Waals surface area contributed by atoms with Crippen molar-refractivity contribution >= 4 is 22.4 Å². The number of hydrogen-bond acceptors (Lipinski definition) is 6. The lowest BCUT2D eigenvalue weighted by Gasteiger charge is -2.32. The highest BCUT2D eigenvalue weighted by atomic mass is 16.3. The fraction of sp³-hybridized carbons (Fsp3) is 0.286. The molecule has 142 valence electrons. The van der Waals surface area contributed by atoms with Crippen molar-refractivity contribution in [1.29, 1.82) is 0 Å². The molecule has 0 amide bonds. The van der Waals surface area contributed by atoms with Crippen LogP contribution in [0.3, 0.4) is 0 Å². The second-order valence-electron chi connectivity index (χ2n) is 7.33. The molecule has 3 aromatic heterocycles. The number of aromatic nitrogens is 3. The van der Waals surface area contributed by atoms with E-state index in [0.29, 0.717) is 22.8 Å². The van der Waals surface area contributed by atoms with Crippen LogP contribution in [0.25, 0.3) is 28.0 Å². The summed E-state index contributed by atoms with van der Waals surface area (Å²) in [4.78, 5) is 24.0. The average molecular weight is 375 g/mol. The van der Waals surface area contributed by atoms with E-state index in [2.05, 4.69) is 14.9 Å². The molecule has 0 unspecified atom stereocenters. The second-order valence-corrected chi connectivity index (χ2v) is 7.33. The number of nitrogens with two attached hydrogens (primary N) is 1. The number of hydrogen-bond donors (Lipinski definition) is 1. The van der Waals surface area contributed by atoms with Gasteiger partial charge in [0, 0.05) is 43.9 Å². The molecule has 0 aliphatic carbocycles. The molecule has 5 rings (SSSR count). The highest BCUT2D eigenvalue weighted by Crippen LogP contribution is 2.24. The van der Waals surface area contributed by atoms with Gasteiger partial charge in [0.2, 0.25) is 0 Å². The zero-order chi connectivity index (χ0) is 19.3. The fourth-order valence-corrected chi connectivity index (χ4v) is 3.78. The van der Waals surface area contributed by atoms with Crippen molar-refractivity contribution in [2.75, 3.05) is 18.0 Å². The number of benzene rings is 1. The van der Waals surface area contributed by atoms with E-state index >= 15 is 0 Å². The highest BCUT2D eigenvalue weighted by molar-refractivity contribution is 5.79. The average Bonchev–Trinajstić information content (AvgIpc) is 3.07. The molecule has 1 aliphatic heterocycles. The summed E-state index contributed by atoms with van der Waals surface area (Å²) in [5.41, 5.74) is 10.5. The summed E-state index contributed by atoms with van der Waals surface area (Å²) >= 11 is 0. The fourth-order valence-electron chi connectivity index (χ4n) is 3.78. The van der Waals surface area contributed by atoms with E-state index < -0.39 is 0 Å². The first kappa shape index (κ1) is 16.9. The van der Waals surface area contributed by atoms with E-state index in [1.165, 1.54) is 0 Å². The van der Waals surface area contributed by atoms with E-state index in [-0.39, 0.29) is 11.6 Å². The lowest BCUT2D eigenvalue weighted by molar-refractivity contribution is 0.501. The zero-order valence-electron chi connectivity index (χ0n) is 15.6. The quantitative estimate of drug-likeness (QED) is 0.579. The standard InChI is InChI=1S/C21H21N5O2/c1-13-23-17-4-2-14(10-19(17)28-13)18-11-21(27)26-12-16(3-5-20(26)24-18)25-8-6-15(22)7-9-25/h2-5,10-12,15H,6-9,22H2,1H3. The summed E-state index contributed by atoms with van der Waals surface area (Å²) < 4.78 is 7.20. The van der Waals surface area contributed by atoms with Gasteiger partial charge >= 0.3 is 0 Å². The number of rotatable bonds is 2. The lowest BCUT2D eigenvalue weighted by atomic mass is 10.1. The summed E-state index contributed by atoms with van der Waals surface area (Å²) in [6, 6.07) is 11.4. The normalized spacial score (nSPS) is 15.6. The zero-order valence-corrected chi connectivity index (χ0v) is 15.6. The molecule has 0 bridgehead atoms. The van der Waals surface area contributed by atoms with E-state index in [9.17, 15) is 4.79 Å². The topological polar surface area (TPSA) is 89.7 Å². The van der Waals surface area contributed by atoms with E-state index in [1.54, 1.807) is 10.5 Å². The van der Waals surface area contributed by atoms with Gasteiger partial charge in [-0.25, -0.2) is 9.97 Å². The third kappa shape index (κ3) is 2.93. The van der Waals surface area contributed by atoms with Gasteiger partial charge < -0.3 is 15.1 Å². The van der Waals surface area contributed by atoms with Crippen LogP contribution in [0.2, 0.25) is 0 Å². The van der Waals surface area contributed by atoms with Crippen molar-refractivity contribution in [3.63, 3.8) is 0 Å². The van der Waals surface area contributed by atoms with Crippen LogP contribution >= 0.6 is 0 Å². The van der Waals surface area contributed by atoms with Crippen molar-refractivity contribution in [3.05, 3.63) is 58.8 Å². The third-order valence-corrected chi connectivity index (χ3v) is 5.34. The Morgan fingerprint density at radius 3 is 2.75 bits per heavy atom. The Morgan fingerprint density at radius 2 is 1.93 bits per heavy atom. The number of fused-ring (bicyclic) bond motifs is 2. The third-order valence-electron chi connectivity index (χ3n) is 5.34. The van der Waals surface area contributed by atoms with Gasteiger partial charge in [0.1, 0.15) is 11.2 Å². The Hall–Kier alpha value is -3.19. The Labute approximate surface area is 161 Å². The second kappa shape index (κ2) is 6.45. The molecule has 0 saturated carbocycles. The summed E-state index contributed by atoms with van der Waals surface area (Å²) in [6.07, 6.45) is 3.80. The summed E-state index contributed by atoms with van der Waals surface area (Å²) in [6.45, 7) is 3.63. The van der Waals surface area contributed by atoms with Gasteiger partial charge in [-0.15, -0.1) is 0 Å². The maximum absolute atomic E-state index is 12.8. The molecule has 7 nitrogen and oxygen atoms in total. The van der Waals surface area contributed by atoms with E-state index in [1.807, 2.05) is 43.5 Å². The lowest BCUT2D eigenvalue weighted by Crippen LogP contribution is -2.39. The van der Waals surface area contributed by atoms with Gasteiger partial charge in [-0.3, -0.25) is 9.20 Å². The summed E-state index contributed by atoms with van der Waals surface area (Å²) in [7, 11) is 0. The first-order chi connectivity index (χ1) is 13.6. The Morgan fingerprint density at radius 1 is 1.11 bits per heavy atom. The van der Waals surface area contributed by atoms with Gasteiger partial charge in [-0.05, 0) is 37.1 Å². The molecule has 2 N–H and O–H groups in total. The smallest absolute Gasteiger partial charge is 0.258 e. The monoisotopic (exact) mass is 375 g/mol. The number of nitrogens with zero attached hydrogens (tertiary/aromatic N) is 4.